The Bertz CT molecular complexity index is 642. The van der Waals surface area contributed by atoms with Crippen LogP contribution in [0, 0.1) is 11.7 Å². The lowest BCUT2D eigenvalue weighted by atomic mass is 10.1. The molecule has 118 valence electrons. The summed E-state index contributed by atoms with van der Waals surface area (Å²) in [6.07, 6.45) is 2.46. The second-order valence-corrected chi connectivity index (χ2v) is 6.03. The van der Waals surface area contributed by atoms with E-state index in [1.807, 2.05) is 0 Å². The molecule has 0 aliphatic rings. The Kier molecular flexibility index (Phi) is 5.71. The second kappa shape index (κ2) is 7.74. The van der Waals surface area contributed by atoms with Crippen LogP contribution >= 0.6 is 11.3 Å². The fourth-order valence-corrected chi connectivity index (χ4v) is 2.16. The Labute approximate surface area is 133 Å². The first kappa shape index (κ1) is 16.2. The predicted octanol–water partition coefficient (Wildman–Crippen LogP) is 3.74. The van der Waals surface area contributed by atoms with Crippen LogP contribution in [-0.4, -0.2) is 17.8 Å². The van der Waals surface area contributed by atoms with Crippen molar-refractivity contribution in [3.63, 3.8) is 0 Å². The van der Waals surface area contributed by atoms with Crippen molar-refractivity contribution in [3.05, 3.63) is 35.0 Å². The molecule has 0 fully saturated rings. The number of nitrogens with two attached hydrogens (primary N) is 1. The third kappa shape index (κ3) is 5.00. The molecule has 2 rings (SSSR count). The van der Waals surface area contributed by atoms with E-state index >= 15 is 0 Å². The molecule has 5 nitrogen and oxygen atoms in total. The Morgan fingerprint density at radius 3 is 3.00 bits per heavy atom. The Balaban J connectivity index is 1.96. The average Bonchev–Trinajstić information content (AvgIpc) is 2.87. The van der Waals surface area contributed by atoms with E-state index in [1.165, 1.54) is 17.4 Å². The molecule has 1 heterocycles. The van der Waals surface area contributed by atoms with Gasteiger partial charge >= 0.3 is 0 Å². The molecular formula is C15H19FN4OS. The lowest BCUT2D eigenvalue weighted by Crippen LogP contribution is -2.03. The first-order valence-electron chi connectivity index (χ1n) is 6.97. The van der Waals surface area contributed by atoms with Crippen molar-refractivity contribution >= 4 is 28.5 Å². The van der Waals surface area contributed by atoms with Crippen LogP contribution in [0.1, 0.15) is 25.8 Å². The molecule has 22 heavy (non-hydrogen) atoms. The van der Waals surface area contributed by atoms with Crippen LogP contribution in [0.2, 0.25) is 0 Å². The van der Waals surface area contributed by atoms with Gasteiger partial charge in [0.25, 0.3) is 0 Å². The van der Waals surface area contributed by atoms with Gasteiger partial charge in [-0.25, -0.2) is 9.37 Å². The van der Waals surface area contributed by atoms with Gasteiger partial charge in [0, 0.05) is 5.38 Å². The van der Waals surface area contributed by atoms with Gasteiger partial charge in [0.05, 0.1) is 12.8 Å². The van der Waals surface area contributed by atoms with Gasteiger partial charge < -0.3 is 10.5 Å². The van der Waals surface area contributed by atoms with E-state index in [2.05, 4.69) is 29.4 Å². The van der Waals surface area contributed by atoms with Crippen molar-refractivity contribution in [2.75, 3.05) is 17.8 Å². The maximum Gasteiger partial charge on any atom is 0.205 e. The Hall–Kier alpha value is -2.15. The first-order chi connectivity index (χ1) is 10.5. The molecule has 0 unspecified atom stereocenters. The Morgan fingerprint density at radius 2 is 2.32 bits per heavy atom. The number of halogens is 1. The van der Waals surface area contributed by atoms with E-state index in [1.54, 1.807) is 23.7 Å². The van der Waals surface area contributed by atoms with Crippen molar-refractivity contribution in [2.45, 2.75) is 20.3 Å². The SMILES string of the molecule is CC(C)CCOc1cc(C=NNc2nc(N)cs2)ccc1F. The highest BCUT2D eigenvalue weighted by Gasteiger charge is 2.05. The molecule has 1 aromatic heterocycles. The molecule has 0 radical (unpaired) electrons. The molecule has 0 spiro atoms. The number of hydrogen-bond donors (Lipinski definition) is 2. The molecule has 2 aromatic rings. The minimum atomic E-state index is -0.374. The maximum absolute atomic E-state index is 13.7. The molecule has 0 amide bonds. The average molecular weight is 322 g/mol. The van der Waals surface area contributed by atoms with Gasteiger partial charge in [0.2, 0.25) is 5.13 Å². The van der Waals surface area contributed by atoms with Crippen LogP contribution in [-0.2, 0) is 0 Å². The normalized spacial score (nSPS) is 11.3. The number of benzene rings is 1. The number of nitrogen functional groups attached to an aromatic ring is 1. The standard InChI is InChI=1S/C15H19FN4OS/c1-10(2)5-6-21-13-7-11(3-4-12(13)16)8-18-20-15-19-14(17)9-22-15/h3-4,7-10H,5-6,17H2,1-2H3,(H,19,20). The second-order valence-electron chi connectivity index (χ2n) is 5.17. The lowest BCUT2D eigenvalue weighted by Gasteiger charge is -2.09. The molecule has 0 bridgehead atoms. The number of ether oxygens (including phenoxy) is 1. The summed E-state index contributed by atoms with van der Waals surface area (Å²) in [6.45, 7) is 4.69. The van der Waals surface area contributed by atoms with Gasteiger partial charge in [-0.15, -0.1) is 11.3 Å². The molecular weight excluding hydrogens is 303 g/mol. The van der Waals surface area contributed by atoms with Crippen LogP contribution in [0.25, 0.3) is 0 Å². The largest absolute Gasteiger partial charge is 0.490 e. The molecule has 7 heteroatoms. The van der Waals surface area contributed by atoms with Crippen LogP contribution in [0.3, 0.4) is 0 Å². The molecule has 0 aliphatic heterocycles. The zero-order valence-corrected chi connectivity index (χ0v) is 13.4. The van der Waals surface area contributed by atoms with Crippen LogP contribution < -0.4 is 15.9 Å². The molecule has 3 N–H and O–H groups in total. The van der Waals surface area contributed by atoms with E-state index in [9.17, 15) is 4.39 Å². The Morgan fingerprint density at radius 1 is 1.50 bits per heavy atom. The van der Waals surface area contributed by atoms with E-state index in [-0.39, 0.29) is 11.6 Å². The number of nitrogens with one attached hydrogen (secondary N) is 1. The van der Waals surface area contributed by atoms with Crippen molar-refractivity contribution in [1.82, 2.24) is 4.98 Å². The number of anilines is 2. The van der Waals surface area contributed by atoms with Gasteiger partial charge in [0.15, 0.2) is 11.6 Å². The highest BCUT2D eigenvalue weighted by Crippen LogP contribution is 2.19. The summed E-state index contributed by atoms with van der Waals surface area (Å²) in [4.78, 5) is 4.02. The fourth-order valence-electron chi connectivity index (χ4n) is 1.61. The van der Waals surface area contributed by atoms with Crippen molar-refractivity contribution < 1.29 is 9.13 Å². The molecule has 0 aliphatic carbocycles. The maximum atomic E-state index is 13.7. The quantitative estimate of drug-likeness (QED) is 0.602. The van der Waals surface area contributed by atoms with Crippen LogP contribution in [0.15, 0.2) is 28.7 Å². The summed E-state index contributed by atoms with van der Waals surface area (Å²) in [6, 6.07) is 4.62. The first-order valence-corrected chi connectivity index (χ1v) is 7.85. The van der Waals surface area contributed by atoms with Crippen molar-refractivity contribution in [2.24, 2.45) is 11.0 Å². The minimum Gasteiger partial charge on any atom is -0.490 e. The number of hydrogen-bond acceptors (Lipinski definition) is 6. The summed E-state index contributed by atoms with van der Waals surface area (Å²) in [7, 11) is 0. The zero-order valence-electron chi connectivity index (χ0n) is 12.5. The third-order valence-electron chi connectivity index (χ3n) is 2.80. The highest BCUT2D eigenvalue weighted by molar-refractivity contribution is 7.14. The number of rotatable bonds is 7. The van der Waals surface area contributed by atoms with Gasteiger partial charge in [0.1, 0.15) is 5.82 Å². The lowest BCUT2D eigenvalue weighted by molar-refractivity contribution is 0.277. The van der Waals surface area contributed by atoms with Crippen molar-refractivity contribution in [1.29, 1.82) is 0 Å². The molecule has 0 atom stereocenters. The fraction of sp³-hybridized carbons (Fsp3) is 0.333. The van der Waals surface area contributed by atoms with Gasteiger partial charge in [-0.1, -0.05) is 19.9 Å². The monoisotopic (exact) mass is 322 g/mol. The number of aromatic nitrogens is 1. The van der Waals surface area contributed by atoms with E-state index in [4.69, 9.17) is 10.5 Å². The topological polar surface area (TPSA) is 72.5 Å². The molecule has 0 saturated carbocycles. The van der Waals surface area contributed by atoms with Gasteiger partial charge in [-0.2, -0.15) is 5.10 Å². The van der Waals surface area contributed by atoms with Crippen LogP contribution in [0.4, 0.5) is 15.3 Å². The molecule has 0 saturated heterocycles. The highest BCUT2D eigenvalue weighted by atomic mass is 32.1. The van der Waals surface area contributed by atoms with E-state index < -0.39 is 0 Å². The molecule has 1 aromatic carbocycles. The zero-order chi connectivity index (χ0) is 15.9. The summed E-state index contributed by atoms with van der Waals surface area (Å²) in [5, 5.41) is 6.36. The minimum absolute atomic E-state index is 0.239. The van der Waals surface area contributed by atoms with Gasteiger partial charge in [-0.05, 0) is 30.0 Å². The summed E-state index contributed by atoms with van der Waals surface area (Å²) in [5.74, 6) is 0.831. The number of hydrazone groups is 1. The van der Waals surface area contributed by atoms with E-state index in [0.717, 1.165) is 12.0 Å². The number of nitrogens with zero attached hydrogens (tertiary/aromatic N) is 2. The third-order valence-corrected chi connectivity index (χ3v) is 3.57. The van der Waals surface area contributed by atoms with E-state index in [0.29, 0.717) is 23.5 Å². The van der Waals surface area contributed by atoms with Crippen molar-refractivity contribution in [3.8, 4) is 5.75 Å². The summed E-state index contributed by atoms with van der Waals surface area (Å²) in [5.41, 5.74) is 9.02. The summed E-state index contributed by atoms with van der Waals surface area (Å²) < 4.78 is 19.1. The van der Waals surface area contributed by atoms with Gasteiger partial charge in [-0.3, -0.25) is 5.43 Å². The predicted molar refractivity (Wildman–Crippen MR) is 89.1 cm³/mol. The smallest absolute Gasteiger partial charge is 0.205 e. The number of thiazole rings is 1. The summed E-state index contributed by atoms with van der Waals surface area (Å²) >= 11 is 1.36. The van der Waals surface area contributed by atoms with Crippen LogP contribution in [0.5, 0.6) is 5.75 Å².